The minimum absolute atomic E-state index is 0.102. The number of pyridine rings is 2. The first-order valence-corrected chi connectivity index (χ1v) is 11.9. The van der Waals surface area contributed by atoms with Crippen LogP contribution in [-0.4, -0.2) is 65.9 Å². The van der Waals surface area contributed by atoms with Crippen molar-refractivity contribution >= 4 is 5.91 Å². The molecule has 1 saturated heterocycles. The van der Waals surface area contributed by atoms with Gasteiger partial charge in [-0.15, -0.1) is 0 Å². The summed E-state index contributed by atoms with van der Waals surface area (Å²) in [6.07, 6.45) is 3.80. The summed E-state index contributed by atoms with van der Waals surface area (Å²) in [6.45, 7) is 9.19. The third-order valence-corrected chi connectivity index (χ3v) is 6.48. The summed E-state index contributed by atoms with van der Waals surface area (Å²) in [5.74, 6) is -2.65. The number of nitrogens with zero attached hydrogens (tertiary/aromatic N) is 6. The van der Waals surface area contributed by atoms with Gasteiger partial charge in [-0.05, 0) is 46.2 Å². The summed E-state index contributed by atoms with van der Waals surface area (Å²) in [5, 5.41) is 10.2. The van der Waals surface area contributed by atoms with Crippen molar-refractivity contribution in [1.29, 1.82) is 0 Å². The third-order valence-electron chi connectivity index (χ3n) is 6.48. The van der Waals surface area contributed by atoms with Crippen molar-refractivity contribution in [2.75, 3.05) is 13.1 Å². The third kappa shape index (κ3) is 5.47. The number of aliphatic hydroxyl groups is 1. The molecule has 4 rings (SSSR count). The number of carbonyl (C=O) groups is 1. The Balaban J connectivity index is 1.59. The fourth-order valence-electron chi connectivity index (χ4n) is 4.40. The second kappa shape index (κ2) is 10.1. The Kier molecular flexibility index (Phi) is 7.29. The van der Waals surface area contributed by atoms with Gasteiger partial charge in [0.15, 0.2) is 11.6 Å². The van der Waals surface area contributed by atoms with E-state index in [1.807, 2.05) is 18.7 Å². The van der Waals surface area contributed by atoms with Crippen LogP contribution in [0.25, 0.3) is 11.4 Å². The first-order valence-electron chi connectivity index (χ1n) is 11.9. The second-order valence-corrected chi connectivity index (χ2v) is 9.97. The van der Waals surface area contributed by atoms with Crippen LogP contribution in [0, 0.1) is 24.4 Å². The van der Waals surface area contributed by atoms with Crippen LogP contribution in [0.5, 0.6) is 0 Å². The van der Waals surface area contributed by atoms with Crippen molar-refractivity contribution < 1.29 is 23.1 Å². The number of aryl methyl sites for hydroxylation is 1. The number of carbonyl (C=O) groups excluding carboxylic acids is 1. The van der Waals surface area contributed by atoms with Crippen molar-refractivity contribution in [3.05, 3.63) is 70.8 Å². The molecule has 1 N–H and O–H groups in total. The van der Waals surface area contributed by atoms with E-state index in [0.717, 1.165) is 12.3 Å². The van der Waals surface area contributed by atoms with Crippen molar-refractivity contribution in [1.82, 2.24) is 29.7 Å². The Morgan fingerprint density at radius 2 is 1.84 bits per heavy atom. The summed E-state index contributed by atoms with van der Waals surface area (Å²) in [5.41, 5.74) is -0.906. The zero-order valence-electron chi connectivity index (χ0n) is 21.3. The molecule has 0 aromatic carbocycles. The van der Waals surface area contributed by atoms with Gasteiger partial charge in [-0.1, -0.05) is 0 Å². The number of rotatable bonds is 5. The maximum absolute atomic E-state index is 15.8. The lowest BCUT2D eigenvalue weighted by atomic mass is 10.0. The molecule has 2 atom stereocenters. The summed E-state index contributed by atoms with van der Waals surface area (Å²) in [7, 11) is 0. The molecule has 0 aliphatic carbocycles. The van der Waals surface area contributed by atoms with Crippen LogP contribution in [0.15, 0.2) is 30.7 Å². The smallest absolute Gasteiger partial charge is 0.257 e. The highest BCUT2D eigenvalue weighted by molar-refractivity contribution is 5.97. The Morgan fingerprint density at radius 1 is 1.11 bits per heavy atom. The maximum Gasteiger partial charge on any atom is 0.257 e. The highest BCUT2D eigenvalue weighted by Crippen LogP contribution is 2.28. The molecule has 0 saturated carbocycles. The van der Waals surface area contributed by atoms with Crippen LogP contribution in [0.4, 0.5) is 13.2 Å². The molecule has 1 amide bonds. The first-order chi connectivity index (χ1) is 17.4. The van der Waals surface area contributed by atoms with E-state index in [4.69, 9.17) is 0 Å². The van der Waals surface area contributed by atoms with Gasteiger partial charge in [-0.25, -0.2) is 23.1 Å². The monoisotopic (exact) mass is 514 g/mol. The zero-order valence-corrected chi connectivity index (χ0v) is 21.3. The number of piperazine rings is 1. The lowest BCUT2D eigenvalue weighted by Crippen LogP contribution is -2.57. The van der Waals surface area contributed by atoms with Gasteiger partial charge in [0.25, 0.3) is 5.91 Å². The number of hydrogen-bond acceptors (Lipinski definition) is 7. The van der Waals surface area contributed by atoms with Gasteiger partial charge in [0.05, 0.1) is 23.1 Å². The molecule has 3 aromatic rings. The Morgan fingerprint density at radius 3 is 2.51 bits per heavy atom. The Labute approximate surface area is 213 Å². The molecule has 1 aliphatic rings. The minimum Gasteiger partial charge on any atom is -0.382 e. The molecule has 0 radical (unpaired) electrons. The van der Waals surface area contributed by atoms with Crippen LogP contribution >= 0.6 is 0 Å². The number of halogens is 3. The van der Waals surface area contributed by atoms with Gasteiger partial charge >= 0.3 is 0 Å². The van der Waals surface area contributed by atoms with Crippen LogP contribution in [0.2, 0.25) is 0 Å². The molecule has 0 bridgehead atoms. The van der Waals surface area contributed by atoms with Gasteiger partial charge in [-0.2, -0.15) is 0 Å². The fraction of sp³-hybridized carbons (Fsp3) is 0.423. The fourth-order valence-corrected chi connectivity index (χ4v) is 4.40. The SMILES string of the molecule is Cc1cnc(-c2ccnc(C(C)(C)O)n2)c(F)c1C(=O)N1C[C@H](C)N(Cc2ncc(F)cc2F)C[C@H]1C. The van der Waals surface area contributed by atoms with Crippen LogP contribution in [-0.2, 0) is 12.1 Å². The van der Waals surface area contributed by atoms with Crippen LogP contribution < -0.4 is 0 Å². The largest absolute Gasteiger partial charge is 0.382 e. The molecule has 1 aliphatic heterocycles. The first kappa shape index (κ1) is 26.6. The summed E-state index contributed by atoms with van der Waals surface area (Å²) in [6, 6.07) is 1.76. The average Bonchev–Trinajstić information content (AvgIpc) is 2.82. The van der Waals surface area contributed by atoms with Gasteiger partial charge in [0.1, 0.15) is 22.9 Å². The van der Waals surface area contributed by atoms with Crippen LogP contribution in [0.1, 0.15) is 55.1 Å². The number of aromatic nitrogens is 4. The number of amides is 1. The van der Waals surface area contributed by atoms with E-state index in [1.54, 1.807) is 11.8 Å². The Bertz CT molecular complexity index is 1330. The van der Waals surface area contributed by atoms with E-state index in [1.165, 1.54) is 32.3 Å². The Hall–Kier alpha value is -3.44. The lowest BCUT2D eigenvalue weighted by Gasteiger charge is -2.44. The van der Waals surface area contributed by atoms with Gasteiger partial charge < -0.3 is 10.0 Å². The molecular weight excluding hydrogens is 485 g/mol. The van der Waals surface area contributed by atoms with E-state index < -0.39 is 29.0 Å². The quantitative estimate of drug-likeness (QED) is 0.556. The van der Waals surface area contributed by atoms with Crippen molar-refractivity contribution in [3.8, 4) is 11.4 Å². The molecular formula is C26H29F3N6O2. The molecule has 196 valence electrons. The van der Waals surface area contributed by atoms with E-state index in [0.29, 0.717) is 12.1 Å². The highest BCUT2D eigenvalue weighted by atomic mass is 19.1. The zero-order chi connectivity index (χ0) is 27.1. The summed E-state index contributed by atoms with van der Waals surface area (Å²) < 4.78 is 43.2. The van der Waals surface area contributed by atoms with Crippen molar-refractivity contribution in [2.24, 2.45) is 0 Å². The molecule has 1 fully saturated rings. The summed E-state index contributed by atoms with van der Waals surface area (Å²) >= 11 is 0. The minimum atomic E-state index is -1.34. The van der Waals surface area contributed by atoms with Gasteiger partial charge in [-0.3, -0.25) is 19.7 Å². The lowest BCUT2D eigenvalue weighted by molar-refractivity contribution is 0.0278. The highest BCUT2D eigenvalue weighted by Gasteiger charge is 2.35. The molecule has 8 nitrogen and oxygen atoms in total. The number of hydrogen-bond donors (Lipinski definition) is 1. The van der Waals surface area contributed by atoms with Crippen LogP contribution in [0.3, 0.4) is 0 Å². The molecule has 37 heavy (non-hydrogen) atoms. The van der Waals surface area contributed by atoms with Gasteiger partial charge in [0, 0.05) is 50.2 Å². The molecule has 3 aromatic heterocycles. The summed E-state index contributed by atoms with van der Waals surface area (Å²) in [4.78, 5) is 33.5. The molecule has 0 spiro atoms. The second-order valence-electron chi connectivity index (χ2n) is 9.97. The predicted molar refractivity (Wildman–Crippen MR) is 130 cm³/mol. The normalized spacial score (nSPS) is 18.8. The van der Waals surface area contributed by atoms with Crippen molar-refractivity contribution in [3.63, 3.8) is 0 Å². The topological polar surface area (TPSA) is 95.3 Å². The standard InChI is InChI=1S/C26H29F3N6O2/c1-14-9-32-23(19-6-7-30-25(33-19)26(4,5)37)22(29)21(14)24(36)35-12-15(2)34(11-16(35)3)13-20-18(28)8-17(27)10-31-20/h6-10,15-16,37H,11-13H2,1-5H3/t15-,16+/m0/s1. The molecule has 11 heteroatoms. The van der Waals surface area contributed by atoms with E-state index in [-0.39, 0.29) is 53.6 Å². The van der Waals surface area contributed by atoms with E-state index in [9.17, 15) is 18.7 Å². The molecule has 4 heterocycles. The predicted octanol–water partition coefficient (Wildman–Crippen LogP) is 3.62. The van der Waals surface area contributed by atoms with Crippen molar-refractivity contribution in [2.45, 2.75) is 58.8 Å². The van der Waals surface area contributed by atoms with E-state index >= 15 is 4.39 Å². The molecule has 0 unspecified atom stereocenters. The average molecular weight is 515 g/mol. The maximum atomic E-state index is 15.8. The van der Waals surface area contributed by atoms with E-state index in [2.05, 4.69) is 19.9 Å². The van der Waals surface area contributed by atoms with Gasteiger partial charge in [0.2, 0.25) is 0 Å².